The number of hydrazone groups is 1. The van der Waals surface area contributed by atoms with Crippen molar-refractivity contribution in [2.45, 2.75) is 43.9 Å². The molecule has 0 unspecified atom stereocenters. The summed E-state index contributed by atoms with van der Waals surface area (Å²) in [5.74, 6) is -0.287. The van der Waals surface area contributed by atoms with Gasteiger partial charge in [0.05, 0.1) is 17.5 Å². The van der Waals surface area contributed by atoms with Gasteiger partial charge in [-0.25, -0.2) is 0 Å². The summed E-state index contributed by atoms with van der Waals surface area (Å²) in [4.78, 5) is 26.7. The molecular formula is C24H25N3O2S. The van der Waals surface area contributed by atoms with Gasteiger partial charge in [0.25, 0.3) is 0 Å². The van der Waals surface area contributed by atoms with Crippen LogP contribution >= 0.6 is 11.8 Å². The van der Waals surface area contributed by atoms with Gasteiger partial charge in [-0.2, -0.15) is 5.10 Å². The number of fused-ring (bicyclic) bond motifs is 1. The molecule has 0 aromatic heterocycles. The molecule has 30 heavy (non-hydrogen) atoms. The summed E-state index contributed by atoms with van der Waals surface area (Å²) in [6.07, 6.45) is 4.55. The Morgan fingerprint density at radius 3 is 2.27 bits per heavy atom. The molecule has 1 saturated carbocycles. The van der Waals surface area contributed by atoms with Gasteiger partial charge in [0.15, 0.2) is 0 Å². The van der Waals surface area contributed by atoms with E-state index in [1.807, 2.05) is 42.5 Å². The topological polar surface area (TPSA) is 61.8 Å². The van der Waals surface area contributed by atoms with E-state index in [-0.39, 0.29) is 28.5 Å². The maximum Gasteiger partial charge on any atom is 0.237 e. The van der Waals surface area contributed by atoms with Crippen LogP contribution in [0.25, 0.3) is 0 Å². The van der Waals surface area contributed by atoms with E-state index in [0.717, 1.165) is 42.7 Å². The fourth-order valence-electron chi connectivity index (χ4n) is 4.77. The van der Waals surface area contributed by atoms with Crippen LogP contribution in [0.3, 0.4) is 0 Å². The summed E-state index contributed by atoms with van der Waals surface area (Å²) in [7, 11) is 0. The Hall–Kier alpha value is -2.60. The minimum atomic E-state index is -0.365. The maximum atomic E-state index is 12.8. The maximum absolute atomic E-state index is 12.8. The highest BCUT2D eigenvalue weighted by Gasteiger charge is 2.48. The van der Waals surface area contributed by atoms with Crippen molar-refractivity contribution in [3.05, 3.63) is 65.7 Å². The van der Waals surface area contributed by atoms with Crippen LogP contribution in [0.2, 0.25) is 0 Å². The minimum absolute atomic E-state index is 0.0227. The van der Waals surface area contributed by atoms with Crippen LogP contribution in [-0.2, 0) is 20.9 Å². The number of amides is 2. The van der Waals surface area contributed by atoms with Gasteiger partial charge in [-0.3, -0.25) is 19.9 Å². The van der Waals surface area contributed by atoms with Crippen LogP contribution < -0.4 is 10.3 Å². The Morgan fingerprint density at radius 2 is 1.63 bits per heavy atom. The quantitative estimate of drug-likeness (QED) is 0.745. The Balaban J connectivity index is 1.31. The molecule has 5 rings (SSSR count). The molecule has 2 aromatic rings. The predicted octanol–water partition coefficient (Wildman–Crippen LogP) is 4.43. The first-order valence-electron chi connectivity index (χ1n) is 10.6. The molecule has 2 heterocycles. The van der Waals surface area contributed by atoms with Crippen molar-refractivity contribution in [3.63, 3.8) is 0 Å². The zero-order valence-corrected chi connectivity index (χ0v) is 17.8. The van der Waals surface area contributed by atoms with E-state index >= 15 is 0 Å². The normalized spacial score (nSPS) is 28.3. The molecule has 0 bridgehead atoms. The first-order valence-corrected chi connectivity index (χ1v) is 11.4. The summed E-state index contributed by atoms with van der Waals surface area (Å²) >= 11 is 1.71. The van der Waals surface area contributed by atoms with Crippen molar-refractivity contribution in [1.29, 1.82) is 0 Å². The molecule has 3 atom stereocenters. The van der Waals surface area contributed by atoms with Crippen molar-refractivity contribution in [3.8, 4) is 0 Å². The number of hydrogen-bond donors (Lipinski definition) is 1. The van der Waals surface area contributed by atoms with Crippen LogP contribution in [0.4, 0.5) is 5.69 Å². The third-order valence-corrected chi connectivity index (χ3v) is 7.64. The highest BCUT2D eigenvalue weighted by atomic mass is 32.2. The van der Waals surface area contributed by atoms with Gasteiger partial charge in [0.2, 0.25) is 11.8 Å². The lowest BCUT2D eigenvalue weighted by Gasteiger charge is -2.24. The highest BCUT2D eigenvalue weighted by molar-refractivity contribution is 8.14. The third-order valence-electron chi connectivity index (χ3n) is 6.43. The fraction of sp³-hybridized carbons (Fsp3) is 0.375. The smallest absolute Gasteiger partial charge is 0.237 e. The molecule has 0 spiro atoms. The molecule has 2 amide bonds. The third kappa shape index (κ3) is 3.33. The number of hydrogen-bond acceptors (Lipinski definition) is 5. The van der Waals surface area contributed by atoms with Crippen molar-refractivity contribution in [1.82, 2.24) is 5.43 Å². The Kier molecular flexibility index (Phi) is 4.89. The molecule has 154 valence electrons. The molecule has 1 saturated heterocycles. The largest absolute Gasteiger partial charge is 0.289 e. The molecular weight excluding hydrogens is 394 g/mol. The number of anilines is 1. The molecule has 2 aromatic carbocycles. The predicted molar refractivity (Wildman–Crippen MR) is 120 cm³/mol. The zero-order valence-electron chi connectivity index (χ0n) is 17.0. The van der Waals surface area contributed by atoms with Crippen molar-refractivity contribution in [2.75, 3.05) is 4.90 Å². The van der Waals surface area contributed by atoms with E-state index in [0.29, 0.717) is 5.69 Å². The van der Waals surface area contributed by atoms with Crippen molar-refractivity contribution >= 4 is 34.3 Å². The number of imide groups is 1. The first kappa shape index (κ1) is 19.4. The van der Waals surface area contributed by atoms with Gasteiger partial charge in [-0.05, 0) is 43.0 Å². The number of rotatable bonds is 4. The minimum Gasteiger partial charge on any atom is -0.289 e. The highest BCUT2D eigenvalue weighted by Crippen LogP contribution is 2.42. The van der Waals surface area contributed by atoms with Crippen LogP contribution in [0, 0.1) is 11.8 Å². The van der Waals surface area contributed by atoms with Crippen LogP contribution in [-0.4, -0.2) is 16.9 Å². The molecule has 1 N–H and O–H groups in total. The summed E-state index contributed by atoms with van der Waals surface area (Å²) in [5.41, 5.74) is 6.25. The molecule has 3 aliphatic rings. The standard InChI is InChI=1S/C24H25N3O2S/c1-24(26-25-21(30-24)15-16-7-3-2-4-8-16)17-11-13-18(14-12-17)27-22(28)19-9-5-6-10-20(19)23(27)29/h2-4,7-8,11-14,19-20,26H,5-6,9-10,15H2,1H3/t19-,20-,24+/m0/s1. The second kappa shape index (κ2) is 7.58. The Bertz CT molecular complexity index is 981. The average Bonchev–Trinajstić information content (AvgIpc) is 3.27. The second-order valence-corrected chi connectivity index (χ2v) is 9.96. The number of nitrogens with zero attached hydrogens (tertiary/aromatic N) is 2. The Morgan fingerprint density at radius 1 is 1.00 bits per heavy atom. The van der Waals surface area contributed by atoms with Gasteiger partial charge in [-0.15, -0.1) is 0 Å². The number of nitrogens with one attached hydrogen (secondary N) is 1. The fourth-order valence-corrected chi connectivity index (χ4v) is 5.91. The van der Waals surface area contributed by atoms with E-state index in [4.69, 9.17) is 0 Å². The van der Waals surface area contributed by atoms with Crippen LogP contribution in [0.1, 0.15) is 43.7 Å². The van der Waals surface area contributed by atoms with Gasteiger partial charge in [0, 0.05) is 6.42 Å². The lowest BCUT2D eigenvalue weighted by molar-refractivity contribution is -0.122. The molecule has 6 heteroatoms. The molecule has 2 aliphatic heterocycles. The average molecular weight is 420 g/mol. The lowest BCUT2D eigenvalue weighted by atomic mass is 9.81. The lowest BCUT2D eigenvalue weighted by Crippen LogP contribution is -2.31. The first-order chi connectivity index (χ1) is 14.5. The Labute approximate surface area is 180 Å². The van der Waals surface area contributed by atoms with Crippen LogP contribution in [0.15, 0.2) is 59.7 Å². The monoisotopic (exact) mass is 419 g/mol. The molecule has 5 nitrogen and oxygen atoms in total. The van der Waals surface area contributed by atoms with E-state index in [2.05, 4.69) is 29.6 Å². The number of carbonyl (C=O) groups is 2. The van der Waals surface area contributed by atoms with Gasteiger partial charge in [-0.1, -0.05) is 67.1 Å². The van der Waals surface area contributed by atoms with Crippen LogP contribution in [0.5, 0.6) is 0 Å². The SMILES string of the molecule is C[C@@]1(c2ccc(N3C(=O)[C@H]4CCCC[C@@H]4C3=O)cc2)NN=C(Cc2ccccc2)S1. The van der Waals surface area contributed by atoms with Crippen molar-refractivity contribution < 1.29 is 9.59 Å². The van der Waals surface area contributed by atoms with E-state index in [9.17, 15) is 9.59 Å². The summed E-state index contributed by atoms with van der Waals surface area (Å²) in [5, 5.41) is 5.59. The van der Waals surface area contributed by atoms with Crippen molar-refractivity contribution in [2.24, 2.45) is 16.9 Å². The summed E-state index contributed by atoms with van der Waals surface area (Å²) in [6.45, 7) is 2.11. The zero-order chi connectivity index (χ0) is 20.7. The van der Waals surface area contributed by atoms with E-state index in [1.54, 1.807) is 11.8 Å². The molecule has 1 aliphatic carbocycles. The number of thioether (sulfide) groups is 1. The van der Waals surface area contributed by atoms with Gasteiger partial charge < -0.3 is 0 Å². The molecule has 0 radical (unpaired) electrons. The summed E-state index contributed by atoms with van der Waals surface area (Å²) < 4.78 is 0. The van der Waals surface area contributed by atoms with Gasteiger partial charge in [0.1, 0.15) is 9.91 Å². The van der Waals surface area contributed by atoms with E-state index in [1.165, 1.54) is 10.5 Å². The number of benzene rings is 2. The number of carbonyl (C=O) groups excluding carboxylic acids is 2. The van der Waals surface area contributed by atoms with Gasteiger partial charge >= 0.3 is 0 Å². The molecule has 2 fully saturated rings. The second-order valence-electron chi connectivity index (χ2n) is 8.47. The summed E-state index contributed by atoms with van der Waals surface area (Å²) in [6, 6.07) is 18.1. The van der Waals surface area contributed by atoms with E-state index < -0.39 is 0 Å².